The predicted octanol–water partition coefficient (Wildman–Crippen LogP) is 4.89. The number of aryl methyl sites for hydroxylation is 2. The molecule has 2 aromatic rings. The Labute approximate surface area is 173 Å². The van der Waals surface area contributed by atoms with Crippen LogP contribution in [0.15, 0.2) is 36.4 Å². The molecule has 0 aliphatic carbocycles. The number of nitrogens with one attached hydrogen (secondary N) is 1. The average molecular weight is 398 g/mol. The van der Waals surface area contributed by atoms with Crippen LogP contribution in [0.25, 0.3) is 0 Å². The molecule has 1 aliphatic rings. The van der Waals surface area contributed by atoms with Crippen LogP contribution in [-0.2, 0) is 4.79 Å². The molecule has 0 spiro atoms. The summed E-state index contributed by atoms with van der Waals surface area (Å²) in [6, 6.07) is 11.6. The van der Waals surface area contributed by atoms with Crippen molar-refractivity contribution in [3.63, 3.8) is 0 Å². The number of methoxy groups -OCH3 is 1. The molecule has 29 heavy (non-hydrogen) atoms. The Balaban J connectivity index is 1.79. The molecule has 0 aromatic heterocycles. The first-order valence-corrected chi connectivity index (χ1v) is 10.1. The fraction of sp³-hybridized carbons (Fsp3) is 0.458. The summed E-state index contributed by atoms with van der Waals surface area (Å²) < 4.78 is 17.5. The number of carbonyl (C=O) groups is 1. The Morgan fingerprint density at radius 3 is 2.66 bits per heavy atom. The van der Waals surface area contributed by atoms with E-state index in [9.17, 15) is 4.79 Å². The van der Waals surface area contributed by atoms with Crippen molar-refractivity contribution < 1.29 is 19.0 Å². The summed E-state index contributed by atoms with van der Waals surface area (Å²) in [7, 11) is 1.63. The molecule has 0 saturated heterocycles. The van der Waals surface area contributed by atoms with Gasteiger partial charge in [-0.3, -0.25) is 4.79 Å². The minimum absolute atomic E-state index is 0.114. The average Bonchev–Trinajstić information content (AvgIpc) is 2.65. The van der Waals surface area contributed by atoms with Crippen LogP contribution >= 0.6 is 0 Å². The van der Waals surface area contributed by atoms with Gasteiger partial charge in [-0.1, -0.05) is 24.6 Å². The number of benzene rings is 2. The van der Waals surface area contributed by atoms with E-state index in [4.69, 9.17) is 14.2 Å². The van der Waals surface area contributed by atoms with Crippen LogP contribution in [0.5, 0.6) is 17.2 Å². The van der Waals surface area contributed by atoms with E-state index in [-0.39, 0.29) is 11.9 Å². The van der Waals surface area contributed by atoms with Gasteiger partial charge < -0.3 is 19.5 Å². The topological polar surface area (TPSA) is 56.8 Å². The number of rotatable bonds is 6. The van der Waals surface area contributed by atoms with Crippen LogP contribution in [0.1, 0.15) is 56.3 Å². The molecular formula is C24H31NO4. The molecule has 0 radical (unpaired) electrons. The van der Waals surface area contributed by atoms with E-state index in [1.807, 2.05) is 65.0 Å². The monoisotopic (exact) mass is 397 g/mol. The SMILES string of the molecule is CC[C@H](Oc1ccc(C)cc1C)C(=O)N[C@H]1CC(C)(C)Oc2cc(OC)ccc21. The maximum atomic E-state index is 13.1. The fourth-order valence-electron chi connectivity index (χ4n) is 3.76. The second-order valence-corrected chi connectivity index (χ2v) is 8.31. The zero-order chi connectivity index (χ0) is 21.2. The molecule has 1 N–H and O–H groups in total. The van der Waals surface area contributed by atoms with Crippen molar-refractivity contribution in [1.82, 2.24) is 5.32 Å². The third-order valence-electron chi connectivity index (χ3n) is 5.26. The molecule has 5 heteroatoms. The fourth-order valence-corrected chi connectivity index (χ4v) is 3.76. The molecule has 5 nitrogen and oxygen atoms in total. The molecular weight excluding hydrogens is 366 g/mol. The molecule has 0 unspecified atom stereocenters. The molecule has 1 aliphatic heterocycles. The van der Waals surface area contributed by atoms with E-state index in [1.54, 1.807) is 7.11 Å². The Morgan fingerprint density at radius 1 is 1.24 bits per heavy atom. The van der Waals surface area contributed by atoms with Gasteiger partial charge in [0.15, 0.2) is 6.10 Å². The first-order valence-electron chi connectivity index (χ1n) is 10.1. The summed E-state index contributed by atoms with van der Waals surface area (Å²) >= 11 is 0. The number of ether oxygens (including phenoxy) is 3. The second-order valence-electron chi connectivity index (χ2n) is 8.31. The third-order valence-corrected chi connectivity index (χ3v) is 5.26. The van der Waals surface area contributed by atoms with Crippen LogP contribution in [0.4, 0.5) is 0 Å². The van der Waals surface area contributed by atoms with Gasteiger partial charge in [-0.05, 0) is 57.9 Å². The largest absolute Gasteiger partial charge is 0.497 e. The van der Waals surface area contributed by atoms with Crippen LogP contribution in [0, 0.1) is 13.8 Å². The van der Waals surface area contributed by atoms with Crippen molar-refractivity contribution in [3.8, 4) is 17.2 Å². The maximum absolute atomic E-state index is 13.1. The van der Waals surface area contributed by atoms with Gasteiger partial charge >= 0.3 is 0 Å². The van der Waals surface area contributed by atoms with E-state index >= 15 is 0 Å². The minimum atomic E-state index is -0.552. The maximum Gasteiger partial charge on any atom is 0.261 e. The lowest BCUT2D eigenvalue weighted by molar-refractivity contribution is -0.129. The molecule has 2 atom stereocenters. The first-order chi connectivity index (χ1) is 13.7. The highest BCUT2D eigenvalue weighted by molar-refractivity contribution is 5.81. The minimum Gasteiger partial charge on any atom is -0.497 e. The molecule has 1 heterocycles. The van der Waals surface area contributed by atoms with Crippen LogP contribution < -0.4 is 19.5 Å². The van der Waals surface area contributed by atoms with E-state index in [2.05, 4.69) is 11.4 Å². The van der Waals surface area contributed by atoms with Crippen molar-refractivity contribution in [2.45, 2.75) is 65.2 Å². The number of fused-ring (bicyclic) bond motifs is 1. The summed E-state index contributed by atoms with van der Waals surface area (Å²) in [4.78, 5) is 13.1. The second kappa shape index (κ2) is 8.36. The van der Waals surface area contributed by atoms with Gasteiger partial charge in [-0.15, -0.1) is 0 Å². The molecule has 3 rings (SSSR count). The Hall–Kier alpha value is -2.69. The molecule has 2 aromatic carbocycles. The van der Waals surface area contributed by atoms with Crippen LogP contribution in [0.2, 0.25) is 0 Å². The van der Waals surface area contributed by atoms with Gasteiger partial charge in [0.1, 0.15) is 22.8 Å². The van der Waals surface area contributed by atoms with Crippen molar-refractivity contribution in [2.75, 3.05) is 7.11 Å². The lowest BCUT2D eigenvalue weighted by atomic mass is 9.89. The van der Waals surface area contributed by atoms with Crippen molar-refractivity contribution in [2.24, 2.45) is 0 Å². The molecule has 0 fully saturated rings. The molecule has 156 valence electrons. The quantitative estimate of drug-likeness (QED) is 0.754. The molecule has 0 saturated carbocycles. The Morgan fingerprint density at radius 2 is 2.00 bits per heavy atom. The number of amides is 1. The zero-order valence-electron chi connectivity index (χ0n) is 18.2. The normalized spacial score (nSPS) is 18.2. The lowest BCUT2D eigenvalue weighted by Gasteiger charge is -2.38. The van der Waals surface area contributed by atoms with E-state index in [0.29, 0.717) is 12.8 Å². The van der Waals surface area contributed by atoms with Crippen molar-refractivity contribution in [1.29, 1.82) is 0 Å². The number of hydrogen-bond donors (Lipinski definition) is 1. The predicted molar refractivity (Wildman–Crippen MR) is 114 cm³/mol. The smallest absolute Gasteiger partial charge is 0.261 e. The number of carbonyl (C=O) groups excluding carboxylic acids is 1. The van der Waals surface area contributed by atoms with Crippen LogP contribution in [0.3, 0.4) is 0 Å². The van der Waals surface area contributed by atoms with E-state index in [1.165, 1.54) is 5.56 Å². The highest BCUT2D eigenvalue weighted by atomic mass is 16.5. The Kier molecular flexibility index (Phi) is 6.06. The van der Waals surface area contributed by atoms with Crippen molar-refractivity contribution in [3.05, 3.63) is 53.1 Å². The highest BCUT2D eigenvalue weighted by Gasteiger charge is 2.36. The van der Waals surface area contributed by atoms with E-state index < -0.39 is 11.7 Å². The van der Waals surface area contributed by atoms with Crippen LogP contribution in [-0.4, -0.2) is 24.7 Å². The van der Waals surface area contributed by atoms with Gasteiger partial charge in [0, 0.05) is 18.1 Å². The van der Waals surface area contributed by atoms with Gasteiger partial charge in [0.25, 0.3) is 5.91 Å². The Bertz CT molecular complexity index is 890. The standard InChI is InChI=1S/C24H31NO4/c1-7-20(28-21-11-8-15(2)12-16(21)3)23(26)25-19-14-24(4,5)29-22-13-17(27-6)9-10-18(19)22/h8-13,19-20H,7,14H2,1-6H3,(H,25,26)/t19-,20-/m0/s1. The summed E-state index contributed by atoms with van der Waals surface area (Å²) in [5, 5.41) is 3.19. The zero-order valence-corrected chi connectivity index (χ0v) is 18.2. The summed E-state index contributed by atoms with van der Waals surface area (Å²) in [6.45, 7) is 10.0. The van der Waals surface area contributed by atoms with Crippen molar-refractivity contribution >= 4 is 5.91 Å². The third kappa shape index (κ3) is 4.84. The first kappa shape index (κ1) is 21.0. The summed E-state index contributed by atoms with van der Waals surface area (Å²) in [5.74, 6) is 2.11. The molecule has 1 amide bonds. The van der Waals surface area contributed by atoms with Gasteiger partial charge in [-0.25, -0.2) is 0 Å². The van der Waals surface area contributed by atoms with E-state index in [0.717, 1.165) is 28.4 Å². The molecule has 0 bridgehead atoms. The number of hydrogen-bond acceptors (Lipinski definition) is 4. The van der Waals surface area contributed by atoms with Gasteiger partial charge in [0.2, 0.25) is 0 Å². The van der Waals surface area contributed by atoms with Gasteiger partial charge in [0.05, 0.1) is 13.2 Å². The summed E-state index contributed by atoms with van der Waals surface area (Å²) in [6.07, 6.45) is 0.711. The highest BCUT2D eigenvalue weighted by Crippen LogP contribution is 2.41. The lowest BCUT2D eigenvalue weighted by Crippen LogP contribution is -2.45. The van der Waals surface area contributed by atoms with Gasteiger partial charge in [-0.2, -0.15) is 0 Å². The summed E-state index contributed by atoms with van der Waals surface area (Å²) in [5.41, 5.74) is 2.76.